The van der Waals surface area contributed by atoms with Gasteiger partial charge in [0.15, 0.2) is 11.5 Å². The number of methoxy groups -OCH3 is 4. The molecule has 0 aliphatic carbocycles. The van der Waals surface area contributed by atoms with E-state index in [1.54, 1.807) is 34.8 Å². The zero-order chi connectivity index (χ0) is 20.4. The molecule has 0 saturated carbocycles. The van der Waals surface area contributed by atoms with Crippen molar-refractivity contribution in [2.45, 2.75) is 18.5 Å². The summed E-state index contributed by atoms with van der Waals surface area (Å²) in [6.45, 7) is 0. The summed E-state index contributed by atoms with van der Waals surface area (Å²) in [6, 6.07) is 12.0. The molecule has 0 bridgehead atoms. The topological polar surface area (TPSA) is 79.7 Å². The molecule has 3 aromatic rings. The fourth-order valence-corrected chi connectivity index (χ4v) is 3.77. The van der Waals surface area contributed by atoms with Gasteiger partial charge in [-0.3, -0.25) is 0 Å². The summed E-state index contributed by atoms with van der Waals surface area (Å²) >= 11 is 0. The van der Waals surface area contributed by atoms with Crippen LogP contribution < -0.4 is 24.3 Å². The third-order valence-electron chi connectivity index (χ3n) is 5.20. The third kappa shape index (κ3) is 3.41. The highest BCUT2D eigenvalue weighted by molar-refractivity contribution is 5.55. The first-order valence-corrected chi connectivity index (χ1v) is 9.28. The SMILES string of the molecule is COc1cccc(C2CC(c3cc(OC)c(OC)c(OC)c3)n3ncnc3N2)c1. The first-order chi connectivity index (χ1) is 14.2. The number of hydrogen-bond donors (Lipinski definition) is 1. The number of nitrogens with zero attached hydrogens (tertiary/aromatic N) is 3. The number of aromatic nitrogens is 3. The largest absolute Gasteiger partial charge is 0.497 e. The van der Waals surface area contributed by atoms with E-state index in [4.69, 9.17) is 18.9 Å². The van der Waals surface area contributed by atoms with E-state index in [9.17, 15) is 0 Å². The lowest BCUT2D eigenvalue weighted by atomic mass is 9.93. The molecule has 29 heavy (non-hydrogen) atoms. The average Bonchev–Trinajstić information content (AvgIpc) is 3.26. The lowest BCUT2D eigenvalue weighted by Gasteiger charge is -2.32. The maximum Gasteiger partial charge on any atom is 0.222 e. The fraction of sp³-hybridized carbons (Fsp3) is 0.333. The van der Waals surface area contributed by atoms with E-state index in [1.807, 2.05) is 35.0 Å². The second-order valence-corrected chi connectivity index (χ2v) is 6.71. The van der Waals surface area contributed by atoms with Crippen molar-refractivity contribution in [3.8, 4) is 23.0 Å². The van der Waals surface area contributed by atoms with E-state index in [0.29, 0.717) is 23.2 Å². The Labute approximate surface area is 169 Å². The van der Waals surface area contributed by atoms with E-state index in [1.165, 1.54) is 0 Å². The van der Waals surface area contributed by atoms with Crippen LogP contribution in [0.1, 0.15) is 29.6 Å². The van der Waals surface area contributed by atoms with Crippen LogP contribution in [0.3, 0.4) is 0 Å². The Morgan fingerprint density at radius 1 is 0.931 bits per heavy atom. The second-order valence-electron chi connectivity index (χ2n) is 6.71. The smallest absolute Gasteiger partial charge is 0.222 e. The first-order valence-electron chi connectivity index (χ1n) is 9.28. The summed E-state index contributed by atoms with van der Waals surface area (Å²) in [5.41, 5.74) is 2.12. The Hall–Kier alpha value is -3.42. The summed E-state index contributed by atoms with van der Waals surface area (Å²) in [7, 11) is 6.49. The van der Waals surface area contributed by atoms with Gasteiger partial charge in [-0.25, -0.2) is 4.68 Å². The molecule has 0 spiro atoms. The molecule has 8 heteroatoms. The van der Waals surface area contributed by atoms with Crippen LogP contribution in [0.15, 0.2) is 42.7 Å². The van der Waals surface area contributed by atoms with Crippen molar-refractivity contribution in [3.63, 3.8) is 0 Å². The number of anilines is 1. The molecule has 2 aromatic carbocycles. The Balaban J connectivity index is 1.77. The number of ether oxygens (including phenoxy) is 4. The normalized spacial score (nSPS) is 17.8. The lowest BCUT2D eigenvalue weighted by molar-refractivity contribution is 0.322. The molecule has 2 unspecified atom stereocenters. The van der Waals surface area contributed by atoms with Crippen molar-refractivity contribution in [1.82, 2.24) is 14.8 Å². The van der Waals surface area contributed by atoms with Crippen LogP contribution >= 0.6 is 0 Å². The number of hydrogen-bond acceptors (Lipinski definition) is 7. The molecule has 2 atom stereocenters. The van der Waals surface area contributed by atoms with E-state index in [0.717, 1.165) is 23.3 Å². The zero-order valence-electron chi connectivity index (χ0n) is 16.9. The van der Waals surface area contributed by atoms with Gasteiger partial charge < -0.3 is 24.3 Å². The Morgan fingerprint density at radius 2 is 1.69 bits per heavy atom. The molecule has 0 amide bonds. The molecule has 1 aliphatic rings. The van der Waals surface area contributed by atoms with Crippen molar-refractivity contribution in [2.75, 3.05) is 33.8 Å². The molecule has 0 radical (unpaired) electrons. The van der Waals surface area contributed by atoms with Gasteiger partial charge in [0, 0.05) is 0 Å². The standard InChI is InChI=1S/C21H24N4O4/c1-26-15-7-5-6-13(8-15)16-11-17(25-21(24-16)22-12-23-25)14-9-18(27-2)20(29-4)19(10-14)28-3/h5-10,12,16-17H,11H2,1-4H3,(H,22,23,24). The predicted molar refractivity (Wildman–Crippen MR) is 108 cm³/mol. The van der Waals surface area contributed by atoms with Gasteiger partial charge in [-0.05, 0) is 41.8 Å². The summed E-state index contributed by atoms with van der Waals surface area (Å²) in [5.74, 6) is 3.32. The molecule has 2 heterocycles. The molecule has 0 fully saturated rings. The monoisotopic (exact) mass is 396 g/mol. The van der Waals surface area contributed by atoms with Crippen LogP contribution in [-0.4, -0.2) is 43.2 Å². The van der Waals surface area contributed by atoms with Crippen molar-refractivity contribution >= 4 is 5.95 Å². The van der Waals surface area contributed by atoms with Gasteiger partial charge in [0.05, 0.1) is 40.5 Å². The summed E-state index contributed by atoms with van der Waals surface area (Å²) in [6.07, 6.45) is 2.32. The highest BCUT2D eigenvalue weighted by Gasteiger charge is 2.31. The summed E-state index contributed by atoms with van der Waals surface area (Å²) in [4.78, 5) is 4.39. The minimum atomic E-state index is -0.0568. The van der Waals surface area contributed by atoms with Crippen molar-refractivity contribution in [3.05, 3.63) is 53.9 Å². The summed E-state index contributed by atoms with van der Waals surface area (Å²) in [5, 5.41) is 7.91. The van der Waals surface area contributed by atoms with E-state index in [-0.39, 0.29) is 12.1 Å². The van der Waals surface area contributed by atoms with Gasteiger partial charge in [-0.15, -0.1) is 0 Å². The Bertz CT molecular complexity index is 979. The van der Waals surface area contributed by atoms with Gasteiger partial charge in [0.25, 0.3) is 0 Å². The van der Waals surface area contributed by atoms with Crippen LogP contribution in [0.2, 0.25) is 0 Å². The molecule has 1 N–H and O–H groups in total. The van der Waals surface area contributed by atoms with Crippen molar-refractivity contribution < 1.29 is 18.9 Å². The van der Waals surface area contributed by atoms with E-state index >= 15 is 0 Å². The van der Waals surface area contributed by atoms with Gasteiger partial charge in [-0.1, -0.05) is 12.1 Å². The average molecular weight is 396 g/mol. The highest BCUT2D eigenvalue weighted by atomic mass is 16.5. The molecule has 8 nitrogen and oxygen atoms in total. The molecular weight excluding hydrogens is 372 g/mol. The van der Waals surface area contributed by atoms with Crippen LogP contribution in [0.5, 0.6) is 23.0 Å². The second kappa shape index (κ2) is 7.90. The maximum atomic E-state index is 5.54. The Morgan fingerprint density at radius 3 is 2.34 bits per heavy atom. The van der Waals surface area contributed by atoms with Gasteiger partial charge in [0.1, 0.15) is 12.1 Å². The fourth-order valence-electron chi connectivity index (χ4n) is 3.77. The molecule has 0 saturated heterocycles. The minimum Gasteiger partial charge on any atom is -0.497 e. The minimum absolute atomic E-state index is 0.0471. The molecule has 152 valence electrons. The van der Waals surface area contributed by atoms with Crippen LogP contribution in [0.25, 0.3) is 0 Å². The first kappa shape index (κ1) is 18.9. The highest BCUT2D eigenvalue weighted by Crippen LogP contribution is 2.44. The molecule has 1 aromatic heterocycles. The van der Waals surface area contributed by atoms with Crippen LogP contribution in [-0.2, 0) is 0 Å². The molecule has 1 aliphatic heterocycles. The van der Waals surface area contributed by atoms with Gasteiger partial charge >= 0.3 is 0 Å². The molecule has 4 rings (SSSR count). The summed E-state index contributed by atoms with van der Waals surface area (Å²) < 4.78 is 23.8. The predicted octanol–water partition coefficient (Wildman–Crippen LogP) is 3.46. The maximum absolute atomic E-state index is 5.54. The van der Waals surface area contributed by atoms with Crippen LogP contribution in [0, 0.1) is 0 Å². The lowest BCUT2D eigenvalue weighted by Crippen LogP contribution is -2.28. The zero-order valence-corrected chi connectivity index (χ0v) is 16.9. The van der Waals surface area contributed by atoms with Crippen molar-refractivity contribution in [2.24, 2.45) is 0 Å². The number of benzene rings is 2. The van der Waals surface area contributed by atoms with E-state index < -0.39 is 0 Å². The quantitative estimate of drug-likeness (QED) is 0.683. The van der Waals surface area contributed by atoms with Crippen molar-refractivity contribution in [1.29, 1.82) is 0 Å². The van der Waals surface area contributed by atoms with Gasteiger partial charge in [0.2, 0.25) is 11.7 Å². The number of nitrogens with one attached hydrogen (secondary N) is 1. The van der Waals surface area contributed by atoms with E-state index in [2.05, 4.69) is 21.5 Å². The number of fused-ring (bicyclic) bond motifs is 1. The van der Waals surface area contributed by atoms with Gasteiger partial charge in [-0.2, -0.15) is 10.1 Å². The number of rotatable bonds is 6. The molecular formula is C21H24N4O4. The third-order valence-corrected chi connectivity index (χ3v) is 5.20. The Kier molecular flexibility index (Phi) is 5.16. The van der Waals surface area contributed by atoms with Crippen LogP contribution in [0.4, 0.5) is 5.95 Å².